The molecule has 5 heteroatoms. The standard InChI is InChI=1S/C24H32F2O3/c1-3-14-24(25,26)23(2,28)20-8-6-19(7-9-20)22(27)11-10-21(17-4-5-17)18-12-15-29-16-13-18/h3,6-9,17-18,21,28H,1,4-5,10-16H2,2H3/t21?,23-/m0/s1. The van der Waals surface area contributed by atoms with Gasteiger partial charge in [0.05, 0.1) is 0 Å². The lowest BCUT2D eigenvalue weighted by molar-refractivity contribution is -0.175. The largest absolute Gasteiger partial charge is 0.381 e. The van der Waals surface area contributed by atoms with Crippen molar-refractivity contribution >= 4 is 5.78 Å². The summed E-state index contributed by atoms with van der Waals surface area (Å²) in [5, 5.41) is 10.4. The first-order valence-corrected chi connectivity index (χ1v) is 10.7. The smallest absolute Gasteiger partial charge is 0.283 e. The molecule has 29 heavy (non-hydrogen) atoms. The summed E-state index contributed by atoms with van der Waals surface area (Å²) >= 11 is 0. The summed E-state index contributed by atoms with van der Waals surface area (Å²) in [4.78, 5) is 12.7. The third kappa shape index (κ3) is 5.13. The third-order valence-corrected chi connectivity index (χ3v) is 6.69. The lowest BCUT2D eigenvalue weighted by Crippen LogP contribution is -2.42. The van der Waals surface area contributed by atoms with Gasteiger partial charge in [0.15, 0.2) is 11.4 Å². The molecule has 1 saturated heterocycles. The minimum absolute atomic E-state index is 0.0340. The maximum Gasteiger partial charge on any atom is 0.283 e. The van der Waals surface area contributed by atoms with Gasteiger partial charge in [0.25, 0.3) is 5.92 Å². The van der Waals surface area contributed by atoms with Crippen LogP contribution in [0.1, 0.15) is 67.8 Å². The molecule has 160 valence electrons. The molecule has 0 amide bonds. The molecule has 1 N–H and O–H groups in total. The number of Topliss-reactive ketones (excluding diaryl/α,β-unsaturated/α-hetero) is 1. The number of carbonyl (C=O) groups is 1. The molecule has 1 saturated carbocycles. The number of hydrogen-bond acceptors (Lipinski definition) is 3. The van der Waals surface area contributed by atoms with Crippen molar-refractivity contribution in [2.75, 3.05) is 13.2 Å². The Labute approximate surface area is 172 Å². The van der Waals surface area contributed by atoms with E-state index < -0.39 is 17.9 Å². The Hall–Kier alpha value is -1.59. The molecular formula is C24H32F2O3. The van der Waals surface area contributed by atoms with Crippen molar-refractivity contribution in [3.63, 3.8) is 0 Å². The van der Waals surface area contributed by atoms with Gasteiger partial charge in [0.2, 0.25) is 0 Å². The van der Waals surface area contributed by atoms with Crippen molar-refractivity contribution in [2.45, 2.75) is 63.4 Å². The van der Waals surface area contributed by atoms with E-state index in [0.717, 1.165) is 51.4 Å². The van der Waals surface area contributed by atoms with E-state index >= 15 is 0 Å². The first kappa shape index (κ1) is 22.1. The molecule has 0 bridgehead atoms. The molecule has 0 aromatic heterocycles. The maximum atomic E-state index is 14.2. The molecule has 2 fully saturated rings. The van der Waals surface area contributed by atoms with Gasteiger partial charge in [0, 0.05) is 31.6 Å². The number of allylic oxidation sites excluding steroid dienone is 1. The van der Waals surface area contributed by atoms with Gasteiger partial charge in [-0.25, -0.2) is 8.78 Å². The fourth-order valence-electron chi connectivity index (χ4n) is 4.54. The van der Waals surface area contributed by atoms with Gasteiger partial charge in [-0.15, -0.1) is 6.58 Å². The second-order valence-corrected chi connectivity index (χ2v) is 8.76. The van der Waals surface area contributed by atoms with E-state index in [2.05, 4.69) is 6.58 Å². The number of alkyl halides is 2. The molecular weight excluding hydrogens is 374 g/mol. The molecule has 0 spiro atoms. The topological polar surface area (TPSA) is 46.5 Å². The highest BCUT2D eigenvalue weighted by atomic mass is 19.3. The number of rotatable bonds is 10. The average molecular weight is 407 g/mol. The summed E-state index contributed by atoms with van der Waals surface area (Å²) in [6, 6.07) is 5.97. The summed E-state index contributed by atoms with van der Waals surface area (Å²) in [7, 11) is 0. The van der Waals surface area contributed by atoms with Crippen LogP contribution in [0.15, 0.2) is 36.9 Å². The molecule has 1 aromatic rings. The molecule has 3 rings (SSSR count). The number of carbonyl (C=O) groups excluding carboxylic acids is 1. The van der Waals surface area contributed by atoms with E-state index in [1.807, 2.05) is 0 Å². The van der Waals surface area contributed by atoms with Crippen molar-refractivity contribution in [2.24, 2.45) is 17.8 Å². The summed E-state index contributed by atoms with van der Waals surface area (Å²) in [6.45, 7) is 6.07. The Morgan fingerprint density at radius 2 is 1.79 bits per heavy atom. The normalized spacial score (nSPS) is 21.4. The average Bonchev–Trinajstić information content (AvgIpc) is 3.54. The Bertz CT molecular complexity index is 701. The molecule has 1 aliphatic heterocycles. The zero-order chi connectivity index (χ0) is 21.1. The van der Waals surface area contributed by atoms with Crippen molar-refractivity contribution in [1.82, 2.24) is 0 Å². The molecule has 3 nitrogen and oxygen atoms in total. The van der Waals surface area contributed by atoms with Gasteiger partial charge in [-0.3, -0.25) is 4.79 Å². The fraction of sp³-hybridized carbons (Fsp3) is 0.625. The summed E-state index contributed by atoms with van der Waals surface area (Å²) < 4.78 is 33.9. The Kier molecular flexibility index (Phi) is 6.90. The third-order valence-electron chi connectivity index (χ3n) is 6.69. The van der Waals surface area contributed by atoms with Crippen LogP contribution in [-0.4, -0.2) is 30.0 Å². The summed E-state index contributed by atoms with van der Waals surface area (Å²) in [5.74, 6) is -1.32. The molecule has 1 heterocycles. The SMILES string of the molecule is C=CCC(F)(F)[C@@](C)(O)c1ccc(C(=O)CCC(C2CCOCC2)C2CC2)cc1. The van der Waals surface area contributed by atoms with Crippen LogP contribution in [0.3, 0.4) is 0 Å². The highest BCUT2D eigenvalue weighted by Crippen LogP contribution is 2.46. The summed E-state index contributed by atoms with van der Waals surface area (Å²) in [6.07, 6.45) is 6.52. The Balaban J connectivity index is 1.62. The van der Waals surface area contributed by atoms with Crippen molar-refractivity contribution in [3.05, 3.63) is 48.0 Å². The molecule has 1 aromatic carbocycles. The number of benzene rings is 1. The van der Waals surface area contributed by atoms with Crippen LogP contribution in [0.5, 0.6) is 0 Å². The van der Waals surface area contributed by atoms with Crippen molar-refractivity contribution < 1.29 is 23.4 Å². The quantitative estimate of drug-likeness (QED) is 0.411. The van der Waals surface area contributed by atoms with Crippen LogP contribution in [0.4, 0.5) is 8.78 Å². The number of ketones is 1. The van der Waals surface area contributed by atoms with E-state index in [-0.39, 0.29) is 11.3 Å². The van der Waals surface area contributed by atoms with Crippen LogP contribution >= 0.6 is 0 Å². The van der Waals surface area contributed by atoms with Gasteiger partial charge in [-0.05, 0) is 62.3 Å². The highest BCUT2D eigenvalue weighted by molar-refractivity contribution is 5.96. The van der Waals surface area contributed by atoms with Gasteiger partial charge < -0.3 is 9.84 Å². The molecule has 1 unspecified atom stereocenters. The molecule has 1 aliphatic carbocycles. The molecule has 2 atom stereocenters. The van der Waals surface area contributed by atoms with Crippen molar-refractivity contribution in [1.29, 1.82) is 0 Å². The predicted molar refractivity (Wildman–Crippen MR) is 109 cm³/mol. The van der Waals surface area contributed by atoms with E-state index in [1.54, 1.807) is 12.1 Å². The number of hydrogen-bond donors (Lipinski definition) is 1. The molecule has 0 radical (unpaired) electrons. The number of ether oxygens (including phenoxy) is 1. The van der Waals surface area contributed by atoms with Crippen LogP contribution in [0, 0.1) is 17.8 Å². The number of aliphatic hydroxyl groups is 1. The van der Waals surface area contributed by atoms with Gasteiger partial charge in [0.1, 0.15) is 0 Å². The Morgan fingerprint density at radius 3 is 2.34 bits per heavy atom. The van der Waals surface area contributed by atoms with Gasteiger partial charge in [-0.1, -0.05) is 30.3 Å². The van der Waals surface area contributed by atoms with E-state index in [4.69, 9.17) is 4.74 Å². The number of halogens is 2. The van der Waals surface area contributed by atoms with E-state index in [9.17, 15) is 18.7 Å². The first-order valence-electron chi connectivity index (χ1n) is 10.7. The second kappa shape index (κ2) is 9.05. The van der Waals surface area contributed by atoms with Crippen molar-refractivity contribution in [3.8, 4) is 0 Å². The first-order chi connectivity index (χ1) is 13.8. The lowest BCUT2D eigenvalue weighted by Gasteiger charge is -2.32. The molecule has 2 aliphatic rings. The zero-order valence-electron chi connectivity index (χ0n) is 17.2. The fourth-order valence-corrected chi connectivity index (χ4v) is 4.54. The Morgan fingerprint density at radius 1 is 1.21 bits per heavy atom. The van der Waals surface area contributed by atoms with Crippen LogP contribution in [0.25, 0.3) is 0 Å². The van der Waals surface area contributed by atoms with Crippen LogP contribution < -0.4 is 0 Å². The minimum atomic E-state index is -3.33. The zero-order valence-corrected chi connectivity index (χ0v) is 17.2. The van der Waals surface area contributed by atoms with Crippen LogP contribution in [-0.2, 0) is 10.3 Å². The van der Waals surface area contributed by atoms with E-state index in [0.29, 0.717) is 23.8 Å². The lowest BCUT2D eigenvalue weighted by atomic mass is 9.79. The minimum Gasteiger partial charge on any atom is -0.381 e. The monoisotopic (exact) mass is 406 g/mol. The van der Waals surface area contributed by atoms with Gasteiger partial charge in [-0.2, -0.15) is 0 Å². The maximum absolute atomic E-state index is 14.2. The second-order valence-electron chi connectivity index (χ2n) is 8.76. The predicted octanol–water partition coefficient (Wildman–Crippen LogP) is 5.52. The highest BCUT2D eigenvalue weighted by Gasteiger charge is 2.49. The summed E-state index contributed by atoms with van der Waals surface area (Å²) in [5.41, 5.74) is -1.71. The van der Waals surface area contributed by atoms with E-state index in [1.165, 1.54) is 25.0 Å². The van der Waals surface area contributed by atoms with Gasteiger partial charge >= 0.3 is 0 Å². The van der Waals surface area contributed by atoms with Crippen LogP contribution in [0.2, 0.25) is 0 Å².